The van der Waals surface area contributed by atoms with Gasteiger partial charge in [-0.25, -0.2) is 0 Å². The highest BCUT2D eigenvalue weighted by atomic mass is 19.3. The van der Waals surface area contributed by atoms with E-state index in [0.717, 1.165) is 0 Å². The molecule has 0 aromatic heterocycles. The molecule has 0 fully saturated rings. The summed E-state index contributed by atoms with van der Waals surface area (Å²) < 4.78 is 33.1. The number of benzene rings is 1. The van der Waals surface area contributed by atoms with Crippen LogP contribution in [0.2, 0.25) is 0 Å². The number of hydrogen-bond acceptors (Lipinski definition) is 3. The molecule has 3 nitrogen and oxygen atoms in total. The summed E-state index contributed by atoms with van der Waals surface area (Å²) in [4.78, 5) is 0. The van der Waals surface area contributed by atoms with E-state index in [0.29, 0.717) is 0 Å². The Morgan fingerprint density at radius 1 is 1.31 bits per heavy atom. The van der Waals surface area contributed by atoms with Gasteiger partial charge in [0.2, 0.25) is 5.75 Å². The monoisotopic (exact) mass is 187 g/mol. The number of rotatable bonds is 0. The lowest BCUT2D eigenvalue weighted by Gasteiger charge is -2.04. The van der Waals surface area contributed by atoms with E-state index in [1.807, 2.05) is 0 Å². The molecule has 1 aromatic rings. The Morgan fingerprint density at radius 2 is 2.00 bits per heavy atom. The number of halogens is 2. The first-order chi connectivity index (χ1) is 5.99. The summed E-state index contributed by atoms with van der Waals surface area (Å²) in [6.07, 6.45) is -3.70. The lowest BCUT2D eigenvalue weighted by Crippen LogP contribution is -2.25. The van der Waals surface area contributed by atoms with Crippen molar-refractivity contribution >= 4 is 0 Å². The van der Waals surface area contributed by atoms with Crippen LogP contribution >= 0.6 is 0 Å². The summed E-state index contributed by atoms with van der Waals surface area (Å²) in [6, 6.07) is 2.62. The normalized spacial score (nSPS) is 17.5. The molecule has 0 amide bonds. The van der Waals surface area contributed by atoms with Crippen molar-refractivity contribution in [1.82, 2.24) is 0 Å². The van der Waals surface area contributed by atoms with Crippen LogP contribution in [0, 0.1) is 6.92 Å². The van der Waals surface area contributed by atoms with E-state index < -0.39 is 12.0 Å². The maximum atomic E-state index is 12.5. The van der Waals surface area contributed by atoms with Crippen LogP contribution in [0.1, 0.15) is 5.56 Å². The largest absolute Gasteiger partial charge is 0.586 e. The zero-order chi connectivity index (χ0) is 9.64. The quantitative estimate of drug-likeness (QED) is 0.674. The first-order valence-electron chi connectivity index (χ1n) is 3.43. The molecule has 1 radical (unpaired) electrons. The smallest absolute Gasteiger partial charge is 0.504 e. The highest BCUT2D eigenvalue weighted by Gasteiger charge is 2.45. The van der Waals surface area contributed by atoms with Gasteiger partial charge in [0, 0.05) is 0 Å². The number of fused-ring (bicyclic) bond motifs is 1. The Labute approximate surface area is 72.5 Å². The van der Waals surface area contributed by atoms with Crippen LogP contribution < -0.4 is 9.47 Å². The average Bonchev–Trinajstić information content (AvgIpc) is 2.34. The Morgan fingerprint density at radius 3 is 2.69 bits per heavy atom. The Hall–Kier alpha value is -1.52. The fourth-order valence-corrected chi connectivity index (χ4v) is 1.04. The van der Waals surface area contributed by atoms with Gasteiger partial charge in [-0.2, -0.15) is 0 Å². The summed E-state index contributed by atoms with van der Waals surface area (Å²) in [5.41, 5.74) is 0.208. The zero-order valence-corrected chi connectivity index (χ0v) is 6.38. The number of aromatic hydroxyl groups is 1. The minimum absolute atomic E-state index is 0.185. The maximum absolute atomic E-state index is 12.5. The Bertz CT molecular complexity index is 363. The average molecular weight is 187 g/mol. The number of phenolic OH excluding ortho intramolecular Hbond substituents is 1. The summed E-state index contributed by atoms with van der Waals surface area (Å²) in [6.45, 7) is 3.41. The third-order valence-corrected chi connectivity index (χ3v) is 1.63. The van der Waals surface area contributed by atoms with Crippen LogP contribution in [-0.2, 0) is 0 Å². The van der Waals surface area contributed by atoms with Gasteiger partial charge in [0.15, 0.2) is 11.5 Å². The molecule has 13 heavy (non-hydrogen) atoms. The Balaban J connectivity index is 2.53. The van der Waals surface area contributed by atoms with E-state index in [9.17, 15) is 13.9 Å². The molecule has 1 N–H and O–H groups in total. The predicted octanol–water partition coefficient (Wildman–Crippen LogP) is 1.90. The van der Waals surface area contributed by atoms with Crippen LogP contribution in [-0.4, -0.2) is 11.4 Å². The maximum Gasteiger partial charge on any atom is 0.586 e. The van der Waals surface area contributed by atoms with Gasteiger partial charge in [-0.1, -0.05) is 6.07 Å². The van der Waals surface area contributed by atoms with Crippen molar-refractivity contribution in [3.05, 3.63) is 24.6 Å². The highest BCUT2D eigenvalue weighted by molar-refractivity contribution is 5.57. The van der Waals surface area contributed by atoms with Gasteiger partial charge < -0.3 is 14.6 Å². The molecule has 0 saturated heterocycles. The molecule has 0 spiro atoms. The summed E-state index contributed by atoms with van der Waals surface area (Å²) in [7, 11) is 0. The van der Waals surface area contributed by atoms with E-state index >= 15 is 0 Å². The van der Waals surface area contributed by atoms with Gasteiger partial charge in [0.1, 0.15) is 0 Å². The first-order valence-corrected chi connectivity index (χ1v) is 3.43. The second-order valence-electron chi connectivity index (χ2n) is 2.57. The van der Waals surface area contributed by atoms with Gasteiger partial charge in [-0.3, -0.25) is 0 Å². The third kappa shape index (κ3) is 1.16. The van der Waals surface area contributed by atoms with Gasteiger partial charge in [-0.15, -0.1) is 8.78 Å². The van der Waals surface area contributed by atoms with Gasteiger partial charge in [0.05, 0.1) is 0 Å². The molecule has 0 saturated carbocycles. The molecular formula is C8H5F2O3. The molecule has 0 bridgehead atoms. The van der Waals surface area contributed by atoms with Crippen LogP contribution in [0.4, 0.5) is 8.78 Å². The number of ether oxygens (including phenoxy) is 2. The summed E-state index contributed by atoms with van der Waals surface area (Å²) >= 11 is 0. The van der Waals surface area contributed by atoms with Crippen molar-refractivity contribution in [2.24, 2.45) is 0 Å². The minimum atomic E-state index is -3.70. The van der Waals surface area contributed by atoms with Crippen LogP contribution in [0.25, 0.3) is 0 Å². The molecule has 0 aliphatic carbocycles. The van der Waals surface area contributed by atoms with E-state index in [2.05, 4.69) is 16.4 Å². The summed E-state index contributed by atoms with van der Waals surface area (Å²) in [5.74, 6) is -0.970. The topological polar surface area (TPSA) is 38.7 Å². The molecule has 1 heterocycles. The number of hydrogen-bond donors (Lipinski definition) is 1. The zero-order valence-electron chi connectivity index (χ0n) is 6.38. The molecule has 2 rings (SSSR count). The lowest BCUT2D eigenvalue weighted by atomic mass is 10.2. The molecule has 0 atom stereocenters. The molecule has 0 unspecified atom stereocenters. The fourth-order valence-electron chi connectivity index (χ4n) is 1.04. The van der Waals surface area contributed by atoms with E-state index in [1.165, 1.54) is 12.1 Å². The second kappa shape index (κ2) is 2.25. The molecule has 5 heteroatoms. The SMILES string of the molecule is [CH2]c1ccc2c(c1O)OC(F)(F)O2. The van der Waals surface area contributed by atoms with Crippen molar-refractivity contribution in [3.63, 3.8) is 0 Å². The van der Waals surface area contributed by atoms with Crippen LogP contribution in [0.3, 0.4) is 0 Å². The van der Waals surface area contributed by atoms with Gasteiger partial charge in [0.25, 0.3) is 0 Å². The lowest BCUT2D eigenvalue weighted by molar-refractivity contribution is -0.287. The highest BCUT2D eigenvalue weighted by Crippen LogP contribution is 2.47. The molecule has 1 aromatic carbocycles. The van der Waals surface area contributed by atoms with Crippen molar-refractivity contribution in [3.8, 4) is 17.2 Å². The standard InChI is InChI=1S/C8H5F2O3/c1-4-2-3-5-7(6(4)11)13-8(9,10)12-5/h2-3,11H,1H2. The molecule has 1 aliphatic heterocycles. The van der Waals surface area contributed by atoms with E-state index in [4.69, 9.17) is 0 Å². The molecular weight excluding hydrogens is 182 g/mol. The fraction of sp³-hybridized carbons (Fsp3) is 0.125. The van der Waals surface area contributed by atoms with E-state index in [1.54, 1.807) is 0 Å². The van der Waals surface area contributed by atoms with Crippen LogP contribution in [0.15, 0.2) is 12.1 Å². The number of phenols is 1. The summed E-state index contributed by atoms with van der Waals surface area (Å²) in [5, 5.41) is 9.25. The van der Waals surface area contributed by atoms with Crippen LogP contribution in [0.5, 0.6) is 17.2 Å². The van der Waals surface area contributed by atoms with Crippen molar-refractivity contribution < 1.29 is 23.4 Å². The van der Waals surface area contributed by atoms with Crippen molar-refractivity contribution in [2.45, 2.75) is 6.29 Å². The second-order valence-corrected chi connectivity index (χ2v) is 2.57. The first kappa shape index (κ1) is 8.10. The minimum Gasteiger partial charge on any atom is -0.504 e. The third-order valence-electron chi connectivity index (χ3n) is 1.63. The van der Waals surface area contributed by atoms with E-state index in [-0.39, 0.29) is 17.1 Å². The Kier molecular flexibility index (Phi) is 1.40. The van der Waals surface area contributed by atoms with Gasteiger partial charge >= 0.3 is 6.29 Å². The van der Waals surface area contributed by atoms with Crippen molar-refractivity contribution in [2.75, 3.05) is 0 Å². The molecule has 1 aliphatic rings. The van der Waals surface area contributed by atoms with Gasteiger partial charge in [-0.05, 0) is 18.6 Å². The predicted molar refractivity (Wildman–Crippen MR) is 38.8 cm³/mol. The molecule has 69 valence electrons. The number of alkyl halides is 2. The van der Waals surface area contributed by atoms with Crippen molar-refractivity contribution in [1.29, 1.82) is 0 Å².